The van der Waals surface area contributed by atoms with E-state index in [-0.39, 0.29) is 24.8 Å². The van der Waals surface area contributed by atoms with E-state index in [2.05, 4.69) is 10.3 Å². The minimum absolute atomic E-state index is 0.0219. The highest BCUT2D eigenvalue weighted by molar-refractivity contribution is 5.78. The molecule has 3 rings (SSSR count). The zero-order chi connectivity index (χ0) is 17.6. The van der Waals surface area contributed by atoms with Gasteiger partial charge in [-0.25, -0.2) is 9.37 Å². The van der Waals surface area contributed by atoms with Gasteiger partial charge in [0.1, 0.15) is 12.1 Å². The normalized spacial score (nSPS) is 11.9. The molecule has 128 valence electrons. The van der Waals surface area contributed by atoms with Crippen molar-refractivity contribution < 1.29 is 18.7 Å². The van der Waals surface area contributed by atoms with Crippen LogP contribution in [0.2, 0.25) is 0 Å². The first-order valence-corrected chi connectivity index (χ1v) is 7.81. The van der Waals surface area contributed by atoms with Crippen molar-refractivity contribution in [1.29, 1.82) is 0 Å². The van der Waals surface area contributed by atoms with Crippen molar-refractivity contribution in [2.24, 2.45) is 0 Å². The molecule has 1 amide bonds. The van der Waals surface area contributed by atoms with E-state index < -0.39 is 6.04 Å². The van der Waals surface area contributed by atoms with Crippen LogP contribution in [-0.2, 0) is 11.2 Å². The van der Waals surface area contributed by atoms with Crippen LogP contribution in [0.1, 0.15) is 17.3 Å². The molecule has 0 radical (unpaired) electrons. The summed E-state index contributed by atoms with van der Waals surface area (Å²) >= 11 is 0. The molecule has 0 aliphatic heterocycles. The number of aliphatic hydroxyl groups is 1. The first kappa shape index (κ1) is 16.9. The monoisotopic (exact) mass is 340 g/mol. The number of hydrogen-bond donors (Lipinski definition) is 2. The summed E-state index contributed by atoms with van der Waals surface area (Å²) in [6.07, 6.45) is 1.42. The van der Waals surface area contributed by atoms with Gasteiger partial charge in [0.05, 0.1) is 24.8 Å². The highest BCUT2D eigenvalue weighted by Crippen LogP contribution is 2.19. The molecule has 2 aromatic carbocycles. The third-order valence-electron chi connectivity index (χ3n) is 3.70. The van der Waals surface area contributed by atoms with Gasteiger partial charge >= 0.3 is 0 Å². The molecule has 1 heterocycles. The largest absolute Gasteiger partial charge is 0.444 e. The molecule has 1 aromatic heterocycles. The van der Waals surface area contributed by atoms with Crippen LogP contribution in [0, 0.1) is 5.82 Å². The van der Waals surface area contributed by atoms with E-state index in [1.165, 1.54) is 18.4 Å². The average molecular weight is 340 g/mol. The molecular weight excluding hydrogens is 323 g/mol. The maximum Gasteiger partial charge on any atom is 0.226 e. The Morgan fingerprint density at radius 1 is 1.16 bits per heavy atom. The second-order valence-corrected chi connectivity index (χ2v) is 5.54. The van der Waals surface area contributed by atoms with Crippen molar-refractivity contribution in [3.63, 3.8) is 0 Å². The van der Waals surface area contributed by atoms with Crippen molar-refractivity contribution in [2.75, 3.05) is 6.61 Å². The van der Waals surface area contributed by atoms with E-state index in [9.17, 15) is 14.3 Å². The maximum atomic E-state index is 13.0. The van der Waals surface area contributed by atoms with E-state index >= 15 is 0 Å². The van der Waals surface area contributed by atoms with E-state index in [0.29, 0.717) is 17.1 Å². The minimum Gasteiger partial charge on any atom is -0.444 e. The number of carbonyl (C=O) groups is 1. The molecule has 0 saturated carbocycles. The Morgan fingerprint density at radius 2 is 1.88 bits per heavy atom. The fraction of sp³-hybridized carbons (Fsp3) is 0.158. The van der Waals surface area contributed by atoms with Crippen LogP contribution in [0.25, 0.3) is 11.5 Å². The number of oxazole rings is 1. The molecular formula is C19H17FN2O3. The summed E-state index contributed by atoms with van der Waals surface area (Å²) in [6, 6.07) is 14.5. The Labute approximate surface area is 144 Å². The summed E-state index contributed by atoms with van der Waals surface area (Å²) < 4.78 is 18.3. The van der Waals surface area contributed by atoms with Crippen LogP contribution in [0.4, 0.5) is 4.39 Å². The standard InChI is InChI=1S/C19H17FN2O3/c20-15-8-6-14(7-9-15)19-21-16(12-25-19)10-18(24)22-17(11-23)13-4-2-1-3-5-13/h1-9,12,17,23H,10-11H2,(H,22,24)/t17-/m1/s1. The van der Waals surface area contributed by atoms with Crippen LogP contribution in [0.3, 0.4) is 0 Å². The lowest BCUT2D eigenvalue weighted by Gasteiger charge is -2.16. The Kier molecular flexibility index (Phi) is 5.20. The summed E-state index contributed by atoms with van der Waals surface area (Å²) in [4.78, 5) is 16.4. The molecule has 2 N–H and O–H groups in total. The lowest BCUT2D eigenvalue weighted by atomic mass is 10.1. The van der Waals surface area contributed by atoms with Crippen LogP contribution in [0.5, 0.6) is 0 Å². The van der Waals surface area contributed by atoms with E-state index in [1.54, 1.807) is 12.1 Å². The number of nitrogens with zero attached hydrogens (tertiary/aromatic N) is 1. The van der Waals surface area contributed by atoms with E-state index in [0.717, 1.165) is 5.56 Å². The fourth-order valence-electron chi connectivity index (χ4n) is 2.44. The van der Waals surface area contributed by atoms with Crippen LogP contribution < -0.4 is 5.32 Å². The van der Waals surface area contributed by atoms with Crippen molar-refractivity contribution in [3.8, 4) is 11.5 Å². The predicted octanol–water partition coefficient (Wildman–Crippen LogP) is 2.87. The molecule has 0 aliphatic carbocycles. The molecule has 0 aliphatic rings. The second kappa shape index (κ2) is 7.72. The lowest BCUT2D eigenvalue weighted by molar-refractivity contribution is -0.121. The molecule has 25 heavy (non-hydrogen) atoms. The predicted molar refractivity (Wildman–Crippen MR) is 90.0 cm³/mol. The van der Waals surface area contributed by atoms with Gasteiger partial charge in [-0.3, -0.25) is 4.79 Å². The van der Waals surface area contributed by atoms with Crippen molar-refractivity contribution >= 4 is 5.91 Å². The number of amides is 1. The number of halogens is 1. The molecule has 6 heteroatoms. The third-order valence-corrected chi connectivity index (χ3v) is 3.70. The number of benzene rings is 2. The van der Waals surface area contributed by atoms with Gasteiger partial charge in [0.25, 0.3) is 0 Å². The number of nitrogens with one attached hydrogen (secondary N) is 1. The summed E-state index contributed by atoms with van der Waals surface area (Å²) in [5, 5.41) is 12.3. The third kappa shape index (κ3) is 4.30. The van der Waals surface area contributed by atoms with Crippen LogP contribution >= 0.6 is 0 Å². The van der Waals surface area contributed by atoms with Crippen molar-refractivity contribution in [2.45, 2.75) is 12.5 Å². The molecule has 0 saturated heterocycles. The fourth-order valence-corrected chi connectivity index (χ4v) is 2.44. The highest BCUT2D eigenvalue weighted by atomic mass is 19.1. The molecule has 5 nitrogen and oxygen atoms in total. The number of carbonyl (C=O) groups excluding carboxylic acids is 1. The Balaban J connectivity index is 1.64. The molecule has 0 unspecified atom stereocenters. The molecule has 0 bridgehead atoms. The Bertz CT molecular complexity index is 831. The van der Waals surface area contributed by atoms with Gasteiger partial charge < -0.3 is 14.8 Å². The van der Waals surface area contributed by atoms with Gasteiger partial charge in [-0.15, -0.1) is 0 Å². The molecule has 1 atom stereocenters. The number of hydrogen-bond acceptors (Lipinski definition) is 4. The van der Waals surface area contributed by atoms with Crippen LogP contribution in [0.15, 0.2) is 65.3 Å². The first-order chi connectivity index (χ1) is 12.2. The summed E-state index contributed by atoms with van der Waals surface area (Å²) in [6.45, 7) is -0.199. The smallest absolute Gasteiger partial charge is 0.226 e. The van der Waals surface area contributed by atoms with Gasteiger partial charge in [0, 0.05) is 5.56 Å². The molecule has 0 spiro atoms. The molecule has 0 fully saturated rings. The Morgan fingerprint density at radius 3 is 2.56 bits per heavy atom. The SMILES string of the molecule is O=C(Cc1coc(-c2ccc(F)cc2)n1)N[C@H](CO)c1ccccc1. The molecule has 3 aromatic rings. The van der Waals surface area contributed by atoms with Crippen molar-refractivity contribution in [3.05, 3.63) is 77.9 Å². The van der Waals surface area contributed by atoms with Gasteiger partial charge in [-0.1, -0.05) is 30.3 Å². The van der Waals surface area contributed by atoms with E-state index in [1.807, 2.05) is 30.3 Å². The van der Waals surface area contributed by atoms with E-state index in [4.69, 9.17) is 4.42 Å². The maximum absolute atomic E-state index is 13.0. The summed E-state index contributed by atoms with van der Waals surface area (Å²) in [5.41, 5.74) is 1.91. The topological polar surface area (TPSA) is 75.4 Å². The highest BCUT2D eigenvalue weighted by Gasteiger charge is 2.15. The van der Waals surface area contributed by atoms with Crippen molar-refractivity contribution in [1.82, 2.24) is 10.3 Å². The second-order valence-electron chi connectivity index (χ2n) is 5.54. The number of rotatable bonds is 6. The summed E-state index contributed by atoms with van der Waals surface area (Å²) in [7, 11) is 0. The van der Waals surface area contributed by atoms with Gasteiger partial charge in [0.2, 0.25) is 11.8 Å². The zero-order valence-corrected chi connectivity index (χ0v) is 13.4. The van der Waals surface area contributed by atoms with Gasteiger partial charge in [0.15, 0.2) is 0 Å². The lowest BCUT2D eigenvalue weighted by Crippen LogP contribution is -2.32. The van der Waals surface area contributed by atoms with Gasteiger partial charge in [-0.05, 0) is 29.8 Å². The average Bonchev–Trinajstić information content (AvgIpc) is 3.09. The van der Waals surface area contributed by atoms with Crippen LogP contribution in [-0.4, -0.2) is 22.6 Å². The van der Waals surface area contributed by atoms with Gasteiger partial charge in [-0.2, -0.15) is 0 Å². The summed E-state index contributed by atoms with van der Waals surface area (Å²) in [5.74, 6) is -0.294. The Hall–Kier alpha value is -2.99. The first-order valence-electron chi connectivity index (χ1n) is 7.81. The number of aliphatic hydroxyl groups excluding tert-OH is 1. The number of aromatic nitrogens is 1. The minimum atomic E-state index is -0.475. The zero-order valence-electron chi connectivity index (χ0n) is 13.4. The quantitative estimate of drug-likeness (QED) is 0.723.